The van der Waals surface area contributed by atoms with E-state index in [1.54, 1.807) is 12.1 Å². The minimum Gasteiger partial charge on any atom is -0.310 e. The van der Waals surface area contributed by atoms with Crippen molar-refractivity contribution in [3.05, 3.63) is 47.8 Å². The molecule has 1 atom stereocenters. The molecule has 0 bridgehead atoms. The molecule has 0 saturated carbocycles. The van der Waals surface area contributed by atoms with Gasteiger partial charge in [0.1, 0.15) is 0 Å². The lowest BCUT2D eigenvalue weighted by molar-refractivity contribution is -0.141. The van der Waals surface area contributed by atoms with Gasteiger partial charge in [-0.05, 0) is 37.2 Å². The smallest absolute Gasteiger partial charge is 0.310 e. The van der Waals surface area contributed by atoms with E-state index in [-0.39, 0.29) is 6.04 Å². The second-order valence-electron chi connectivity index (χ2n) is 4.51. The molecule has 2 aromatic rings. The van der Waals surface area contributed by atoms with Gasteiger partial charge >= 0.3 is 6.18 Å². The number of aromatic nitrogens is 2. The van der Waals surface area contributed by atoms with Crippen molar-refractivity contribution in [3.8, 4) is 5.69 Å². The Labute approximate surface area is 115 Å². The monoisotopic (exact) mass is 283 g/mol. The zero-order chi connectivity index (χ0) is 14.8. The van der Waals surface area contributed by atoms with Gasteiger partial charge in [0.25, 0.3) is 0 Å². The summed E-state index contributed by atoms with van der Waals surface area (Å²) in [6, 6.07) is 8.47. The fourth-order valence-corrected chi connectivity index (χ4v) is 1.96. The second-order valence-corrected chi connectivity index (χ2v) is 4.51. The third-order valence-corrected chi connectivity index (χ3v) is 3.05. The number of rotatable bonds is 4. The van der Waals surface area contributed by atoms with Gasteiger partial charge in [0.05, 0.1) is 5.69 Å². The fourth-order valence-electron chi connectivity index (χ4n) is 1.96. The van der Waals surface area contributed by atoms with Gasteiger partial charge in [0.15, 0.2) is 5.69 Å². The van der Waals surface area contributed by atoms with Crippen molar-refractivity contribution in [1.29, 1.82) is 0 Å². The Morgan fingerprint density at radius 2 is 1.85 bits per heavy atom. The van der Waals surface area contributed by atoms with Crippen molar-refractivity contribution in [2.45, 2.75) is 26.1 Å². The van der Waals surface area contributed by atoms with E-state index in [9.17, 15) is 13.2 Å². The van der Waals surface area contributed by atoms with Crippen LogP contribution in [-0.2, 0) is 6.18 Å². The minimum atomic E-state index is -4.41. The van der Waals surface area contributed by atoms with Crippen LogP contribution in [-0.4, -0.2) is 16.3 Å². The third kappa shape index (κ3) is 3.19. The first-order valence-corrected chi connectivity index (χ1v) is 6.38. The lowest BCUT2D eigenvalue weighted by Gasteiger charge is -2.13. The van der Waals surface area contributed by atoms with E-state index in [1.165, 1.54) is 10.9 Å². The van der Waals surface area contributed by atoms with Crippen LogP contribution in [0.1, 0.15) is 31.1 Å². The molecule has 0 aliphatic carbocycles. The predicted octanol–water partition coefficient (Wildman–Crippen LogP) is 3.56. The number of hydrogen-bond donors (Lipinski definition) is 1. The average Bonchev–Trinajstić information content (AvgIpc) is 2.89. The molecule has 0 amide bonds. The van der Waals surface area contributed by atoms with Crippen LogP contribution in [0.5, 0.6) is 0 Å². The van der Waals surface area contributed by atoms with E-state index in [1.807, 2.05) is 26.0 Å². The molecule has 1 N–H and O–H groups in total. The van der Waals surface area contributed by atoms with E-state index in [0.717, 1.165) is 18.2 Å². The molecule has 2 rings (SSSR count). The summed E-state index contributed by atoms with van der Waals surface area (Å²) in [7, 11) is 0. The summed E-state index contributed by atoms with van der Waals surface area (Å²) in [5.74, 6) is 0. The van der Waals surface area contributed by atoms with Crippen LogP contribution in [0.25, 0.3) is 5.69 Å². The Kier molecular flexibility index (Phi) is 4.13. The predicted molar refractivity (Wildman–Crippen MR) is 70.7 cm³/mol. The summed E-state index contributed by atoms with van der Waals surface area (Å²) in [6.45, 7) is 4.92. The number of nitrogens with one attached hydrogen (secondary N) is 1. The maximum atomic E-state index is 12.5. The molecule has 108 valence electrons. The summed E-state index contributed by atoms with van der Waals surface area (Å²) in [5.41, 5.74) is 0.800. The highest BCUT2D eigenvalue weighted by Crippen LogP contribution is 2.28. The molecule has 3 nitrogen and oxygen atoms in total. The molecule has 0 saturated heterocycles. The average molecular weight is 283 g/mol. The molecule has 20 heavy (non-hydrogen) atoms. The van der Waals surface area contributed by atoms with Gasteiger partial charge in [-0.3, -0.25) is 0 Å². The third-order valence-electron chi connectivity index (χ3n) is 3.05. The first-order valence-electron chi connectivity index (χ1n) is 6.38. The van der Waals surface area contributed by atoms with Crippen LogP contribution in [0.15, 0.2) is 36.5 Å². The summed E-state index contributed by atoms with van der Waals surface area (Å²) in [6.07, 6.45) is -3.10. The normalized spacial score (nSPS) is 13.4. The SMILES string of the molecule is CCNC(C)c1ccc(-n2ccc(C(F)(F)F)n2)cc1. The summed E-state index contributed by atoms with van der Waals surface area (Å²) < 4.78 is 38.7. The van der Waals surface area contributed by atoms with Crippen LogP contribution in [0.2, 0.25) is 0 Å². The lowest BCUT2D eigenvalue weighted by Crippen LogP contribution is -2.17. The van der Waals surface area contributed by atoms with E-state index < -0.39 is 11.9 Å². The topological polar surface area (TPSA) is 29.9 Å². The van der Waals surface area contributed by atoms with Crippen LogP contribution in [0.3, 0.4) is 0 Å². The second kappa shape index (κ2) is 5.66. The molecule has 0 fully saturated rings. The Hall–Kier alpha value is -1.82. The standard InChI is InChI=1S/C14H16F3N3/c1-3-18-10(2)11-4-6-12(7-5-11)20-9-8-13(19-20)14(15,16)17/h4-10,18H,3H2,1-2H3. The highest BCUT2D eigenvalue weighted by Gasteiger charge is 2.33. The van der Waals surface area contributed by atoms with Crippen molar-refractivity contribution in [1.82, 2.24) is 15.1 Å². The molecule has 1 aromatic heterocycles. The Morgan fingerprint density at radius 1 is 1.20 bits per heavy atom. The highest BCUT2D eigenvalue weighted by atomic mass is 19.4. The molecule has 0 aliphatic heterocycles. The lowest BCUT2D eigenvalue weighted by atomic mass is 10.1. The van der Waals surface area contributed by atoms with Crippen molar-refractivity contribution < 1.29 is 13.2 Å². The molecule has 6 heteroatoms. The summed E-state index contributed by atoms with van der Waals surface area (Å²) in [4.78, 5) is 0. The zero-order valence-electron chi connectivity index (χ0n) is 11.3. The number of nitrogens with zero attached hydrogens (tertiary/aromatic N) is 2. The van der Waals surface area contributed by atoms with Gasteiger partial charge in [-0.25, -0.2) is 4.68 Å². The van der Waals surface area contributed by atoms with Crippen molar-refractivity contribution in [2.75, 3.05) is 6.54 Å². The molecule has 0 spiro atoms. The minimum absolute atomic E-state index is 0.206. The molecule has 1 aromatic carbocycles. The molecular weight excluding hydrogens is 267 g/mol. The molecular formula is C14H16F3N3. The Morgan fingerprint density at radius 3 is 2.35 bits per heavy atom. The van der Waals surface area contributed by atoms with Gasteiger partial charge < -0.3 is 5.32 Å². The van der Waals surface area contributed by atoms with Crippen molar-refractivity contribution in [3.63, 3.8) is 0 Å². The number of benzene rings is 1. The van der Waals surface area contributed by atoms with Crippen LogP contribution < -0.4 is 5.32 Å². The highest BCUT2D eigenvalue weighted by molar-refractivity contribution is 5.35. The number of alkyl halides is 3. The maximum Gasteiger partial charge on any atom is 0.435 e. The van der Waals surface area contributed by atoms with Crippen LogP contribution >= 0.6 is 0 Å². The van der Waals surface area contributed by atoms with Gasteiger partial charge in [-0.15, -0.1) is 0 Å². The van der Waals surface area contributed by atoms with Crippen LogP contribution in [0.4, 0.5) is 13.2 Å². The van der Waals surface area contributed by atoms with Crippen molar-refractivity contribution >= 4 is 0 Å². The van der Waals surface area contributed by atoms with E-state index in [4.69, 9.17) is 0 Å². The van der Waals surface area contributed by atoms with Gasteiger partial charge in [-0.1, -0.05) is 19.1 Å². The summed E-state index contributed by atoms with van der Waals surface area (Å²) in [5, 5.41) is 6.81. The zero-order valence-corrected chi connectivity index (χ0v) is 11.3. The molecule has 0 radical (unpaired) electrons. The number of hydrogen-bond acceptors (Lipinski definition) is 2. The van der Waals surface area contributed by atoms with Crippen molar-refractivity contribution in [2.24, 2.45) is 0 Å². The Bertz CT molecular complexity index is 558. The first-order chi connectivity index (χ1) is 9.41. The summed E-state index contributed by atoms with van der Waals surface area (Å²) >= 11 is 0. The van der Waals surface area contributed by atoms with Gasteiger partial charge in [0.2, 0.25) is 0 Å². The Balaban J connectivity index is 2.20. The van der Waals surface area contributed by atoms with E-state index in [2.05, 4.69) is 10.4 Å². The first kappa shape index (κ1) is 14.6. The number of halogens is 3. The van der Waals surface area contributed by atoms with Crippen LogP contribution in [0, 0.1) is 0 Å². The molecule has 1 unspecified atom stereocenters. The maximum absolute atomic E-state index is 12.5. The molecule has 1 heterocycles. The van der Waals surface area contributed by atoms with E-state index in [0.29, 0.717) is 5.69 Å². The fraction of sp³-hybridized carbons (Fsp3) is 0.357. The largest absolute Gasteiger partial charge is 0.435 e. The molecule has 0 aliphatic rings. The van der Waals surface area contributed by atoms with E-state index >= 15 is 0 Å². The van der Waals surface area contributed by atoms with Gasteiger partial charge in [-0.2, -0.15) is 18.3 Å². The van der Waals surface area contributed by atoms with Gasteiger partial charge in [0, 0.05) is 12.2 Å². The quantitative estimate of drug-likeness (QED) is 0.929.